The van der Waals surface area contributed by atoms with Crippen LogP contribution in [0, 0.1) is 0 Å². The van der Waals surface area contributed by atoms with Crippen LogP contribution in [-0.4, -0.2) is 18.0 Å². The first-order valence-electron chi connectivity index (χ1n) is 16.1. The van der Waals surface area contributed by atoms with Crippen molar-refractivity contribution >= 4 is 21.5 Å². The fraction of sp³-hybridized carbons (Fsp3) is 0.647. The maximum atomic E-state index is 12.8. The molecule has 0 bridgehead atoms. The number of hydrogen-bond donors (Lipinski definition) is 1. The average molecular weight is 593 g/mol. The average Bonchev–Trinajstić information content (AvgIpc) is 3.27. The van der Waals surface area contributed by atoms with E-state index in [1.54, 1.807) is 4.90 Å². The molecule has 7 heteroatoms. The van der Waals surface area contributed by atoms with Gasteiger partial charge in [0, 0.05) is 13.0 Å². The second kappa shape index (κ2) is 20.0. The zero-order valence-electron chi connectivity index (χ0n) is 25.9. The number of unbranched alkanes of at least 4 members (excludes halogenated alkanes) is 17. The van der Waals surface area contributed by atoms with Crippen molar-refractivity contribution in [2.45, 2.75) is 140 Å². The van der Waals surface area contributed by atoms with Gasteiger partial charge in [-0.25, -0.2) is 8.42 Å². The third kappa shape index (κ3) is 11.9. The van der Waals surface area contributed by atoms with Gasteiger partial charge in [-0.2, -0.15) is 0 Å². The number of rotatable bonds is 22. The van der Waals surface area contributed by atoms with Gasteiger partial charge in [0.2, 0.25) is 4.99 Å². The molecule has 0 aromatic heterocycles. The van der Waals surface area contributed by atoms with Crippen LogP contribution in [0.3, 0.4) is 0 Å². The summed E-state index contributed by atoms with van der Waals surface area (Å²) >= 11 is 0. The van der Waals surface area contributed by atoms with Gasteiger partial charge in [0.15, 0.2) is 0 Å². The summed E-state index contributed by atoms with van der Waals surface area (Å²) in [5.41, 5.74) is 2.46. The molecule has 2 aromatic rings. The standard InChI is InChI=1S/C34H54N2O3S.Na/c1-2-3-4-5-6-7-8-9-10-11-12-13-14-15-16-17-18-24-29-34(40(37,38)39)35-32-27-22-23-28-33(32)36(34)30-31-25-20-19-21-26-31;/h19-23,25-28,35H,2-18,24,29-30H2,1H3,(H,37,38,39);/q;+1/p-1. The first-order chi connectivity index (χ1) is 19.5. The maximum Gasteiger partial charge on any atom is 1.00 e. The molecule has 0 aliphatic carbocycles. The fourth-order valence-electron chi connectivity index (χ4n) is 6.05. The molecular weight excluding hydrogens is 539 g/mol. The van der Waals surface area contributed by atoms with Crippen LogP contribution in [0.5, 0.6) is 0 Å². The summed E-state index contributed by atoms with van der Waals surface area (Å²) in [6.07, 6.45) is 23.4. The van der Waals surface area contributed by atoms with E-state index < -0.39 is 15.1 Å². The van der Waals surface area contributed by atoms with E-state index in [0.29, 0.717) is 18.7 Å². The second-order valence-electron chi connectivity index (χ2n) is 11.7. The maximum absolute atomic E-state index is 12.8. The van der Waals surface area contributed by atoms with Crippen molar-refractivity contribution in [3.63, 3.8) is 0 Å². The predicted molar refractivity (Wildman–Crippen MR) is 169 cm³/mol. The zero-order valence-corrected chi connectivity index (χ0v) is 28.7. The van der Waals surface area contributed by atoms with Gasteiger partial charge in [0.05, 0.1) is 11.4 Å². The molecule has 0 fully saturated rings. The van der Waals surface area contributed by atoms with Crippen molar-refractivity contribution in [1.29, 1.82) is 0 Å². The van der Waals surface area contributed by atoms with Crippen molar-refractivity contribution in [1.82, 2.24) is 0 Å². The number of hydrogen-bond acceptors (Lipinski definition) is 5. The van der Waals surface area contributed by atoms with Crippen molar-refractivity contribution < 1.29 is 42.5 Å². The first kappa shape index (κ1) is 36.1. The Bertz CT molecular complexity index is 1070. The van der Waals surface area contributed by atoms with Gasteiger partial charge in [-0.1, -0.05) is 159 Å². The Labute approximate surface area is 273 Å². The van der Waals surface area contributed by atoms with Gasteiger partial charge >= 0.3 is 29.6 Å². The number of para-hydroxylation sites is 2. The third-order valence-electron chi connectivity index (χ3n) is 8.43. The van der Waals surface area contributed by atoms with E-state index >= 15 is 0 Å². The van der Waals surface area contributed by atoms with Crippen LogP contribution < -0.4 is 39.8 Å². The minimum atomic E-state index is -4.66. The molecule has 2 aromatic carbocycles. The van der Waals surface area contributed by atoms with Crippen LogP contribution in [0.25, 0.3) is 0 Å². The SMILES string of the molecule is CCCCCCCCCCCCCCCCCCCCC1(S(=O)(=O)[O-])Nc2ccccc2N1Cc1ccccc1.[Na+]. The summed E-state index contributed by atoms with van der Waals surface area (Å²) in [6, 6.07) is 17.3. The Hall–Kier alpha value is -1.05. The molecule has 1 aliphatic heterocycles. The summed E-state index contributed by atoms with van der Waals surface area (Å²) in [7, 11) is -4.66. The largest absolute Gasteiger partial charge is 1.00 e. The van der Waals surface area contributed by atoms with Crippen molar-refractivity contribution in [2.24, 2.45) is 0 Å². The molecule has 0 radical (unpaired) electrons. The van der Waals surface area contributed by atoms with Crippen molar-refractivity contribution in [2.75, 3.05) is 10.2 Å². The number of anilines is 2. The summed E-state index contributed by atoms with van der Waals surface area (Å²) in [4.78, 5) is 0.120. The summed E-state index contributed by atoms with van der Waals surface area (Å²) in [6.45, 7) is 2.64. The second-order valence-corrected chi connectivity index (χ2v) is 13.3. The van der Waals surface area contributed by atoms with Crippen molar-refractivity contribution in [3.05, 3.63) is 60.2 Å². The Morgan fingerprint density at radius 1 is 0.659 bits per heavy atom. The molecule has 1 unspecified atom stereocenters. The summed E-state index contributed by atoms with van der Waals surface area (Å²) in [5.74, 6) is 0. The van der Waals surface area contributed by atoms with Crippen LogP contribution in [0.2, 0.25) is 0 Å². The molecule has 1 N–H and O–H groups in total. The molecule has 3 rings (SSSR count). The van der Waals surface area contributed by atoms with E-state index in [1.165, 1.54) is 96.3 Å². The van der Waals surface area contributed by atoms with Crippen LogP contribution >= 0.6 is 0 Å². The summed E-state index contributed by atoms with van der Waals surface area (Å²) in [5, 5.41) is 3.14. The number of fused-ring (bicyclic) bond motifs is 1. The number of nitrogens with one attached hydrogen (secondary N) is 1. The van der Waals surface area contributed by atoms with E-state index in [4.69, 9.17) is 0 Å². The Kier molecular flexibility index (Phi) is 17.6. The first-order valence-corrected chi connectivity index (χ1v) is 17.5. The van der Waals surface area contributed by atoms with E-state index in [2.05, 4.69) is 12.2 Å². The normalized spacial score (nSPS) is 16.3. The van der Waals surface area contributed by atoms with E-state index in [9.17, 15) is 13.0 Å². The predicted octanol–water partition coefficient (Wildman–Crippen LogP) is 6.75. The topological polar surface area (TPSA) is 72.5 Å². The van der Waals surface area contributed by atoms with Crippen LogP contribution in [0.1, 0.15) is 134 Å². The third-order valence-corrected chi connectivity index (χ3v) is 9.78. The van der Waals surface area contributed by atoms with Gasteiger partial charge in [-0.15, -0.1) is 0 Å². The molecule has 0 saturated carbocycles. The number of benzene rings is 2. The quantitative estimate of drug-likeness (QED) is 0.0930. The molecule has 1 atom stereocenters. The van der Waals surface area contributed by atoms with Gasteiger partial charge < -0.3 is 14.8 Å². The smallest absolute Gasteiger partial charge is 0.745 e. The number of nitrogens with zero attached hydrogens (tertiary/aromatic N) is 1. The molecule has 0 amide bonds. The molecule has 1 aliphatic rings. The Morgan fingerprint density at radius 3 is 1.59 bits per heavy atom. The molecule has 5 nitrogen and oxygen atoms in total. The van der Waals surface area contributed by atoms with E-state index in [0.717, 1.165) is 24.1 Å². The minimum absolute atomic E-state index is 0. The Morgan fingerprint density at radius 2 is 1.10 bits per heavy atom. The molecule has 0 saturated heterocycles. The van der Waals surface area contributed by atoms with E-state index in [-0.39, 0.29) is 36.0 Å². The van der Waals surface area contributed by atoms with Gasteiger partial charge in [-0.05, 0) is 24.1 Å². The molecule has 41 heavy (non-hydrogen) atoms. The van der Waals surface area contributed by atoms with Crippen molar-refractivity contribution in [3.8, 4) is 0 Å². The Balaban J connectivity index is 0.00000588. The monoisotopic (exact) mass is 592 g/mol. The molecule has 0 spiro atoms. The molecule has 224 valence electrons. The van der Waals surface area contributed by atoms with Gasteiger partial charge in [0.25, 0.3) is 0 Å². The van der Waals surface area contributed by atoms with E-state index in [1.807, 2.05) is 54.6 Å². The summed E-state index contributed by atoms with van der Waals surface area (Å²) < 4.78 is 38.3. The van der Waals surface area contributed by atoms with Gasteiger partial charge in [-0.3, -0.25) is 0 Å². The minimum Gasteiger partial charge on any atom is -0.745 e. The zero-order chi connectivity index (χ0) is 28.5. The molecular formula is C34H53N2NaO3S. The van der Waals surface area contributed by atoms with Crippen LogP contribution in [0.15, 0.2) is 54.6 Å². The van der Waals surface area contributed by atoms with Crippen LogP contribution in [0.4, 0.5) is 11.4 Å². The van der Waals surface area contributed by atoms with Crippen LogP contribution in [-0.2, 0) is 16.7 Å². The fourth-order valence-corrected chi connectivity index (χ4v) is 7.11. The molecule has 1 heterocycles. The van der Waals surface area contributed by atoms with Gasteiger partial charge in [0.1, 0.15) is 10.1 Å².